The van der Waals surface area contributed by atoms with E-state index in [1.807, 2.05) is 0 Å². The summed E-state index contributed by atoms with van der Waals surface area (Å²) in [6, 6.07) is 4.64. The Morgan fingerprint density at radius 3 is 1.93 bits per heavy atom. The lowest BCUT2D eigenvalue weighted by atomic mass is 10.0. The molecule has 0 aliphatic carbocycles. The minimum absolute atomic E-state index is 0.0756. The number of carbonyl (C=O) groups is 4. The lowest BCUT2D eigenvalue weighted by Crippen LogP contribution is -2.31. The number of ether oxygens (including phenoxy) is 4. The molecule has 2 amide bonds. The first-order valence-corrected chi connectivity index (χ1v) is 14.7. The molecule has 0 radical (unpaired) electrons. The number of hydrogen-bond acceptors (Lipinski definition) is 8. The second-order valence-corrected chi connectivity index (χ2v) is 11.5. The van der Waals surface area contributed by atoms with Crippen LogP contribution < -0.4 is 18.9 Å². The Hall–Kier alpha value is -4.55. The lowest BCUT2D eigenvalue weighted by molar-refractivity contribution is -0.146. The molecule has 2 N–H and O–H groups in total. The number of benzene rings is 2. The van der Waals surface area contributed by atoms with E-state index in [9.17, 15) is 19.2 Å². The molecule has 4 rings (SSSR count). The van der Waals surface area contributed by atoms with Gasteiger partial charge in [0.1, 0.15) is 0 Å². The van der Waals surface area contributed by atoms with Crippen LogP contribution >= 0.6 is 0 Å². The molecule has 3 unspecified atom stereocenters. The molecule has 12 nitrogen and oxygen atoms in total. The quantitative estimate of drug-likeness (QED) is 0.291. The van der Waals surface area contributed by atoms with E-state index in [1.54, 1.807) is 30.0 Å². The van der Waals surface area contributed by atoms with Gasteiger partial charge in [0.25, 0.3) is 0 Å². The first kappa shape index (κ1) is 33.3. The van der Waals surface area contributed by atoms with Crippen molar-refractivity contribution >= 4 is 23.8 Å². The van der Waals surface area contributed by atoms with Gasteiger partial charge < -0.3 is 39.0 Å². The molecule has 0 saturated heterocycles. The highest BCUT2D eigenvalue weighted by Gasteiger charge is 2.36. The zero-order chi connectivity index (χ0) is 33.0. The number of methoxy groups -OCH3 is 2. The summed E-state index contributed by atoms with van der Waals surface area (Å²) in [7, 11) is 2.91. The zero-order valence-electron chi connectivity index (χ0n) is 26.1. The largest absolute Gasteiger partial charge is 0.493 e. The highest BCUT2D eigenvalue weighted by atomic mass is 19.1. The molecule has 45 heavy (non-hydrogen) atoms. The standard InChI is InChI=1S/C32H39FN2O10/c1-17(31(38)39)9-26(36)34-14-20-11-23(42-4)24(12-21(20)15-34)44-7-6-8-45-30-25(43-5)13-22-16-35(19(3)28(22)29(30)33)27(37)10-18(2)32(40)41/h11-13,17-19H,6-10,14-16H2,1-5H3,(H,38,39)(H,40,41). The number of hydrogen-bond donors (Lipinski definition) is 2. The summed E-state index contributed by atoms with van der Waals surface area (Å²) in [4.78, 5) is 50.8. The van der Waals surface area contributed by atoms with Crippen molar-refractivity contribution in [3.05, 3.63) is 46.3 Å². The van der Waals surface area contributed by atoms with E-state index in [0.29, 0.717) is 42.1 Å². The van der Waals surface area contributed by atoms with Crippen molar-refractivity contribution in [1.82, 2.24) is 9.80 Å². The number of amides is 2. The molecule has 2 aliphatic heterocycles. The molecule has 2 heterocycles. The first-order valence-electron chi connectivity index (χ1n) is 14.7. The summed E-state index contributed by atoms with van der Waals surface area (Å²) in [5, 5.41) is 18.3. The van der Waals surface area contributed by atoms with Crippen LogP contribution in [-0.2, 0) is 38.8 Å². The number of rotatable bonds is 14. The summed E-state index contributed by atoms with van der Waals surface area (Å²) in [5.41, 5.74) is 2.65. The molecule has 244 valence electrons. The number of carbonyl (C=O) groups excluding carboxylic acids is 2. The van der Waals surface area contributed by atoms with Gasteiger partial charge in [-0.2, -0.15) is 0 Å². The van der Waals surface area contributed by atoms with Crippen molar-refractivity contribution in [3.63, 3.8) is 0 Å². The van der Waals surface area contributed by atoms with Crippen LogP contribution in [0.4, 0.5) is 4.39 Å². The van der Waals surface area contributed by atoms with Crippen LogP contribution in [0.5, 0.6) is 23.0 Å². The summed E-state index contributed by atoms with van der Waals surface area (Å²) in [6.07, 6.45) is 0.110. The average Bonchev–Trinajstić information content (AvgIpc) is 3.57. The molecule has 2 aromatic carbocycles. The van der Waals surface area contributed by atoms with Gasteiger partial charge in [-0.25, -0.2) is 4.39 Å². The van der Waals surface area contributed by atoms with Gasteiger partial charge >= 0.3 is 11.9 Å². The van der Waals surface area contributed by atoms with Crippen LogP contribution in [0.3, 0.4) is 0 Å². The van der Waals surface area contributed by atoms with Crippen molar-refractivity contribution in [2.75, 3.05) is 27.4 Å². The third-order valence-corrected chi connectivity index (χ3v) is 8.24. The molecule has 0 bridgehead atoms. The lowest BCUT2D eigenvalue weighted by Gasteiger charge is -2.23. The Labute approximate surface area is 260 Å². The third-order valence-electron chi connectivity index (χ3n) is 8.24. The SMILES string of the molecule is COc1cc2c(cc1OCCCOc1c(OC)cc3c(c1F)C(C)N(C(=O)CC(C)C(=O)O)C3)CN(C(=O)CC(C)C(=O)O)C2. The predicted molar refractivity (Wildman–Crippen MR) is 158 cm³/mol. The number of fused-ring (bicyclic) bond motifs is 2. The Bertz CT molecular complexity index is 1480. The maximum Gasteiger partial charge on any atom is 0.306 e. The summed E-state index contributed by atoms with van der Waals surface area (Å²) < 4.78 is 38.4. The smallest absolute Gasteiger partial charge is 0.306 e. The molecule has 3 atom stereocenters. The topological polar surface area (TPSA) is 152 Å². The van der Waals surface area contributed by atoms with E-state index in [2.05, 4.69) is 0 Å². The Kier molecular flexibility index (Phi) is 10.4. The minimum atomic E-state index is -1.07. The minimum Gasteiger partial charge on any atom is -0.493 e. The van der Waals surface area contributed by atoms with Crippen molar-refractivity contribution in [2.24, 2.45) is 11.8 Å². The highest BCUT2D eigenvalue weighted by Crippen LogP contribution is 2.44. The number of nitrogens with zero attached hydrogens (tertiary/aromatic N) is 2. The van der Waals surface area contributed by atoms with E-state index in [4.69, 9.17) is 29.2 Å². The van der Waals surface area contributed by atoms with Crippen LogP contribution in [0.2, 0.25) is 0 Å². The van der Waals surface area contributed by atoms with Crippen molar-refractivity contribution < 1.29 is 52.7 Å². The number of aliphatic carboxylic acids is 2. The monoisotopic (exact) mass is 630 g/mol. The van der Waals surface area contributed by atoms with Crippen LogP contribution in [-0.4, -0.2) is 71.2 Å². The van der Waals surface area contributed by atoms with Gasteiger partial charge in [-0.05, 0) is 41.8 Å². The molecule has 2 aromatic rings. The zero-order valence-corrected chi connectivity index (χ0v) is 26.1. The summed E-state index contributed by atoms with van der Waals surface area (Å²) in [6.45, 7) is 5.78. The van der Waals surface area contributed by atoms with E-state index in [0.717, 1.165) is 11.1 Å². The fourth-order valence-corrected chi connectivity index (χ4v) is 5.54. The number of halogens is 1. The van der Waals surface area contributed by atoms with Crippen LogP contribution in [0, 0.1) is 17.7 Å². The maximum absolute atomic E-state index is 15.8. The average molecular weight is 631 g/mol. The molecule has 0 spiro atoms. The van der Waals surface area contributed by atoms with Crippen molar-refractivity contribution in [2.45, 2.75) is 65.7 Å². The van der Waals surface area contributed by atoms with Gasteiger partial charge in [0, 0.05) is 44.5 Å². The van der Waals surface area contributed by atoms with E-state index < -0.39 is 35.6 Å². The number of carboxylic acids is 2. The summed E-state index contributed by atoms with van der Waals surface area (Å²) in [5.74, 6) is -3.89. The fourth-order valence-electron chi connectivity index (χ4n) is 5.54. The second-order valence-electron chi connectivity index (χ2n) is 11.5. The Morgan fingerprint density at radius 2 is 1.36 bits per heavy atom. The Balaban J connectivity index is 1.36. The van der Waals surface area contributed by atoms with Gasteiger partial charge in [0.15, 0.2) is 28.8 Å². The number of carboxylic acid groups (broad SMARTS) is 2. The third kappa shape index (κ3) is 7.23. The van der Waals surface area contributed by atoms with Gasteiger partial charge in [-0.15, -0.1) is 0 Å². The van der Waals surface area contributed by atoms with Crippen LogP contribution in [0.25, 0.3) is 0 Å². The van der Waals surface area contributed by atoms with E-state index in [-0.39, 0.29) is 55.9 Å². The van der Waals surface area contributed by atoms with Crippen molar-refractivity contribution in [1.29, 1.82) is 0 Å². The van der Waals surface area contributed by atoms with E-state index >= 15 is 4.39 Å². The molecule has 2 aliphatic rings. The Morgan fingerprint density at radius 1 is 0.822 bits per heavy atom. The van der Waals surface area contributed by atoms with E-state index in [1.165, 1.54) is 33.0 Å². The maximum atomic E-state index is 15.8. The second kappa shape index (κ2) is 14.0. The predicted octanol–water partition coefficient (Wildman–Crippen LogP) is 4.16. The highest BCUT2D eigenvalue weighted by molar-refractivity contribution is 5.83. The molecular formula is C32H39FN2O10. The molecule has 0 aromatic heterocycles. The van der Waals surface area contributed by atoms with Gasteiger partial charge in [0.05, 0.1) is 45.3 Å². The molecular weight excluding hydrogens is 591 g/mol. The molecule has 0 fully saturated rings. The van der Waals surface area contributed by atoms with Gasteiger partial charge in [0.2, 0.25) is 11.8 Å². The summed E-state index contributed by atoms with van der Waals surface area (Å²) >= 11 is 0. The van der Waals surface area contributed by atoms with Gasteiger partial charge in [-0.3, -0.25) is 19.2 Å². The normalized spacial score (nSPS) is 16.4. The van der Waals surface area contributed by atoms with Crippen LogP contribution in [0.15, 0.2) is 18.2 Å². The molecule has 13 heteroatoms. The van der Waals surface area contributed by atoms with Gasteiger partial charge in [-0.1, -0.05) is 13.8 Å². The first-order chi connectivity index (χ1) is 21.4. The molecule has 0 saturated carbocycles. The van der Waals surface area contributed by atoms with Crippen molar-refractivity contribution in [3.8, 4) is 23.0 Å². The van der Waals surface area contributed by atoms with Crippen LogP contribution in [0.1, 0.15) is 68.3 Å². The fraction of sp³-hybridized carbons (Fsp3) is 0.500.